The molecule has 0 N–H and O–H groups in total. The van der Waals surface area contributed by atoms with E-state index in [0.29, 0.717) is 30.0 Å². The third-order valence-corrected chi connectivity index (χ3v) is 7.15. The van der Waals surface area contributed by atoms with Gasteiger partial charge in [-0.15, -0.1) is 11.3 Å². The Morgan fingerprint density at radius 1 is 1.03 bits per heavy atom. The Labute approximate surface area is 209 Å². The number of ether oxygens (including phenoxy) is 3. The predicted molar refractivity (Wildman–Crippen MR) is 139 cm³/mol. The van der Waals surface area contributed by atoms with Crippen molar-refractivity contribution in [3.63, 3.8) is 0 Å². The Bertz CT molecular complexity index is 1280. The molecule has 1 aromatic carbocycles. The van der Waals surface area contributed by atoms with Crippen LogP contribution in [0, 0.1) is 0 Å². The van der Waals surface area contributed by atoms with Crippen molar-refractivity contribution in [2.45, 2.75) is 32.9 Å². The monoisotopic (exact) mass is 499 g/mol. The Morgan fingerprint density at radius 3 is 2.34 bits per heavy atom. The van der Waals surface area contributed by atoms with Crippen LogP contribution in [0.1, 0.15) is 25.6 Å². The Balaban J connectivity index is 1.56. The number of fused-ring (bicyclic) bond motifs is 1. The van der Waals surface area contributed by atoms with Gasteiger partial charge in [0.1, 0.15) is 5.60 Å². The van der Waals surface area contributed by atoms with Crippen molar-refractivity contribution in [2.75, 3.05) is 40.4 Å². The average Bonchev–Trinajstić information content (AvgIpc) is 3.24. The molecule has 0 saturated carbocycles. The molecule has 4 rings (SSSR count). The molecule has 2 aromatic heterocycles. The van der Waals surface area contributed by atoms with E-state index in [4.69, 9.17) is 14.2 Å². The summed E-state index contributed by atoms with van der Waals surface area (Å²) in [4.78, 5) is 30.5. The second-order valence-electron chi connectivity index (χ2n) is 9.73. The molecule has 0 aliphatic carbocycles. The topological polar surface area (TPSA) is 73.2 Å². The van der Waals surface area contributed by atoms with Crippen molar-refractivity contribution in [2.24, 2.45) is 7.05 Å². The highest BCUT2D eigenvalue weighted by molar-refractivity contribution is 7.19. The van der Waals surface area contributed by atoms with E-state index in [9.17, 15) is 9.59 Å². The number of carbonyl (C=O) groups is 1. The zero-order valence-corrected chi connectivity index (χ0v) is 22.0. The number of nitrogens with zero attached hydrogens (tertiary/aromatic N) is 3. The molecule has 0 radical (unpaired) electrons. The number of aryl methyl sites for hydroxylation is 1. The van der Waals surface area contributed by atoms with Gasteiger partial charge in [-0.3, -0.25) is 9.69 Å². The van der Waals surface area contributed by atoms with Gasteiger partial charge in [0.2, 0.25) is 0 Å². The van der Waals surface area contributed by atoms with Gasteiger partial charge in [0, 0.05) is 61.1 Å². The van der Waals surface area contributed by atoms with Crippen LogP contribution in [0.4, 0.5) is 4.79 Å². The molecule has 188 valence electrons. The van der Waals surface area contributed by atoms with Crippen LogP contribution in [0.15, 0.2) is 35.3 Å². The van der Waals surface area contributed by atoms with Crippen molar-refractivity contribution in [3.8, 4) is 22.6 Å². The van der Waals surface area contributed by atoms with Gasteiger partial charge < -0.3 is 23.7 Å². The van der Waals surface area contributed by atoms with E-state index in [1.165, 1.54) is 0 Å². The van der Waals surface area contributed by atoms with Crippen LogP contribution in [0.2, 0.25) is 0 Å². The molecule has 1 aliphatic heterocycles. The number of pyridine rings is 1. The normalized spacial score (nSPS) is 14.9. The molecule has 1 saturated heterocycles. The van der Waals surface area contributed by atoms with Crippen LogP contribution in [0.5, 0.6) is 11.5 Å². The van der Waals surface area contributed by atoms with E-state index < -0.39 is 5.60 Å². The van der Waals surface area contributed by atoms with E-state index in [-0.39, 0.29) is 11.7 Å². The number of hydrogen-bond acceptors (Lipinski definition) is 7. The lowest BCUT2D eigenvalue weighted by Crippen LogP contribution is -2.49. The van der Waals surface area contributed by atoms with Crippen LogP contribution < -0.4 is 15.0 Å². The molecule has 1 aliphatic rings. The number of methoxy groups -OCH3 is 2. The minimum Gasteiger partial charge on any atom is -0.493 e. The summed E-state index contributed by atoms with van der Waals surface area (Å²) >= 11 is 1.64. The van der Waals surface area contributed by atoms with E-state index in [1.54, 1.807) is 42.1 Å². The van der Waals surface area contributed by atoms with Gasteiger partial charge in [-0.05, 0) is 44.5 Å². The smallest absolute Gasteiger partial charge is 0.410 e. The van der Waals surface area contributed by atoms with Gasteiger partial charge in [0.25, 0.3) is 5.56 Å². The summed E-state index contributed by atoms with van der Waals surface area (Å²) in [5, 5.41) is 0.715. The highest BCUT2D eigenvalue weighted by Gasteiger charge is 2.26. The van der Waals surface area contributed by atoms with Crippen LogP contribution in [0.3, 0.4) is 0 Å². The highest BCUT2D eigenvalue weighted by Crippen LogP contribution is 2.37. The molecular weight excluding hydrogens is 466 g/mol. The van der Waals surface area contributed by atoms with Crippen molar-refractivity contribution in [1.82, 2.24) is 14.4 Å². The molecule has 3 heterocycles. The Morgan fingerprint density at radius 2 is 1.71 bits per heavy atom. The van der Waals surface area contributed by atoms with E-state index in [1.807, 2.05) is 51.2 Å². The molecule has 9 heteroatoms. The second-order valence-corrected chi connectivity index (χ2v) is 10.9. The van der Waals surface area contributed by atoms with E-state index in [2.05, 4.69) is 4.90 Å². The van der Waals surface area contributed by atoms with E-state index >= 15 is 0 Å². The average molecular weight is 500 g/mol. The number of thiophene rings is 1. The predicted octanol–water partition coefficient (Wildman–Crippen LogP) is 4.34. The fraction of sp³-hybridized carbons (Fsp3) is 0.462. The fourth-order valence-corrected chi connectivity index (χ4v) is 5.45. The maximum atomic E-state index is 12.9. The first-order chi connectivity index (χ1) is 16.6. The van der Waals surface area contributed by atoms with Crippen LogP contribution in [-0.4, -0.2) is 66.5 Å². The summed E-state index contributed by atoms with van der Waals surface area (Å²) < 4.78 is 19.0. The van der Waals surface area contributed by atoms with Gasteiger partial charge in [-0.2, -0.15) is 0 Å². The number of benzene rings is 1. The van der Waals surface area contributed by atoms with E-state index in [0.717, 1.165) is 40.3 Å². The largest absolute Gasteiger partial charge is 0.493 e. The summed E-state index contributed by atoms with van der Waals surface area (Å²) in [6.45, 7) is 9.13. The zero-order chi connectivity index (χ0) is 25.3. The molecule has 0 unspecified atom stereocenters. The van der Waals surface area contributed by atoms with Crippen molar-refractivity contribution in [3.05, 3.63) is 45.7 Å². The molecular formula is C26H33N3O5S. The molecule has 1 fully saturated rings. The van der Waals surface area contributed by atoms with Crippen molar-refractivity contribution < 1.29 is 19.0 Å². The van der Waals surface area contributed by atoms with Crippen LogP contribution in [-0.2, 0) is 18.3 Å². The van der Waals surface area contributed by atoms with Gasteiger partial charge in [-0.1, -0.05) is 6.07 Å². The molecule has 1 amide bonds. The van der Waals surface area contributed by atoms with Crippen molar-refractivity contribution >= 4 is 27.5 Å². The zero-order valence-electron chi connectivity index (χ0n) is 21.2. The first kappa shape index (κ1) is 25.1. The first-order valence-electron chi connectivity index (χ1n) is 11.6. The standard InChI is InChI=1S/C26H33N3O5S/c1-26(2,3)34-25(31)29-11-9-28(10-12-29)15-18-14-19-23(35-18)20(16-27(4)24(19)30)17-7-8-21(32-5)22(13-17)33-6/h7-8,13-14,16H,9-12,15H2,1-6H3. The number of aromatic nitrogens is 1. The summed E-state index contributed by atoms with van der Waals surface area (Å²) in [6.07, 6.45) is 1.62. The highest BCUT2D eigenvalue weighted by atomic mass is 32.1. The number of piperazine rings is 1. The lowest BCUT2D eigenvalue weighted by molar-refractivity contribution is 0.0140. The molecule has 35 heavy (non-hydrogen) atoms. The first-order valence-corrected chi connectivity index (χ1v) is 12.5. The summed E-state index contributed by atoms with van der Waals surface area (Å²) in [7, 11) is 5.00. The molecule has 0 bridgehead atoms. The minimum absolute atomic E-state index is 0.0125. The third kappa shape index (κ3) is 5.46. The van der Waals surface area contributed by atoms with Gasteiger partial charge in [-0.25, -0.2) is 4.79 Å². The van der Waals surface area contributed by atoms with Gasteiger partial charge >= 0.3 is 6.09 Å². The molecule has 8 nitrogen and oxygen atoms in total. The van der Waals surface area contributed by atoms with Gasteiger partial charge in [0.15, 0.2) is 11.5 Å². The number of carbonyl (C=O) groups excluding carboxylic acids is 1. The van der Waals surface area contributed by atoms with Gasteiger partial charge in [0.05, 0.1) is 19.6 Å². The van der Waals surface area contributed by atoms with Crippen LogP contribution >= 0.6 is 11.3 Å². The lowest BCUT2D eigenvalue weighted by atomic mass is 10.1. The summed E-state index contributed by atoms with van der Waals surface area (Å²) in [5.41, 5.74) is 1.43. The number of hydrogen-bond donors (Lipinski definition) is 0. The maximum Gasteiger partial charge on any atom is 0.410 e. The SMILES string of the molecule is COc1ccc(-c2cn(C)c(=O)c3cc(CN4CCN(C(=O)OC(C)(C)C)CC4)sc23)cc1OC. The minimum atomic E-state index is -0.497. The number of amides is 1. The van der Waals surface area contributed by atoms with Crippen LogP contribution in [0.25, 0.3) is 21.2 Å². The summed E-state index contributed by atoms with van der Waals surface area (Å²) in [5.74, 6) is 1.31. The fourth-order valence-electron chi connectivity index (χ4n) is 4.22. The lowest BCUT2D eigenvalue weighted by Gasteiger charge is -2.35. The van der Waals surface area contributed by atoms with Crippen molar-refractivity contribution in [1.29, 1.82) is 0 Å². The Hall–Kier alpha value is -3.04. The molecule has 0 atom stereocenters. The molecule has 0 spiro atoms. The quantitative estimate of drug-likeness (QED) is 0.520. The summed E-state index contributed by atoms with van der Waals surface area (Å²) in [6, 6.07) is 7.81. The Kier molecular flexibility index (Phi) is 7.10. The third-order valence-electron chi connectivity index (χ3n) is 6.00. The molecule has 3 aromatic rings. The number of rotatable bonds is 5. The maximum absolute atomic E-state index is 12.9. The second kappa shape index (κ2) is 9.91.